The Morgan fingerprint density at radius 2 is 2.62 bits per heavy atom. The van der Waals surface area contributed by atoms with Crippen LogP contribution in [-0.2, 0) is 6.42 Å². The molecule has 1 aromatic heterocycles. The minimum absolute atomic E-state index is 0.355. The molecule has 0 aliphatic rings. The van der Waals surface area contributed by atoms with Crippen LogP contribution in [0.4, 0.5) is 4.39 Å². The number of thiazole rings is 1. The Morgan fingerprint density at radius 3 is 2.88 bits per heavy atom. The molecule has 0 aliphatic heterocycles. The van der Waals surface area contributed by atoms with Crippen molar-refractivity contribution in [1.29, 1.82) is 0 Å². The molecule has 1 heterocycles. The SMILES string of the molecule is CCc1nc(F)cs1. The number of aryl methyl sites for hydroxylation is 1. The van der Waals surface area contributed by atoms with Crippen LogP contribution in [0.15, 0.2) is 5.38 Å². The van der Waals surface area contributed by atoms with E-state index in [9.17, 15) is 4.39 Å². The standard InChI is InChI=1S/C5H6FNS/c1-2-5-7-4(6)3-8-5/h3H,2H2,1H3. The summed E-state index contributed by atoms with van der Waals surface area (Å²) < 4.78 is 12.0. The summed E-state index contributed by atoms with van der Waals surface area (Å²) in [6, 6.07) is 0. The molecule has 0 fully saturated rings. The van der Waals surface area contributed by atoms with Gasteiger partial charge in [-0.25, -0.2) is 4.98 Å². The second kappa shape index (κ2) is 2.22. The highest BCUT2D eigenvalue weighted by molar-refractivity contribution is 7.09. The quantitative estimate of drug-likeness (QED) is 0.566. The fourth-order valence-corrected chi connectivity index (χ4v) is 1.04. The van der Waals surface area contributed by atoms with Crippen LogP contribution in [-0.4, -0.2) is 4.98 Å². The summed E-state index contributed by atoms with van der Waals surface area (Å²) in [5, 5.41) is 2.28. The molecular weight excluding hydrogens is 125 g/mol. The first-order chi connectivity index (χ1) is 3.83. The second-order valence-corrected chi connectivity index (χ2v) is 2.36. The summed E-state index contributed by atoms with van der Waals surface area (Å²) in [6.45, 7) is 1.96. The van der Waals surface area contributed by atoms with Gasteiger partial charge in [0.2, 0.25) is 5.95 Å². The van der Waals surface area contributed by atoms with E-state index in [4.69, 9.17) is 0 Å². The van der Waals surface area contributed by atoms with Crippen molar-refractivity contribution >= 4 is 11.3 Å². The fourth-order valence-electron chi connectivity index (χ4n) is 0.451. The maximum atomic E-state index is 12.0. The molecule has 8 heavy (non-hydrogen) atoms. The van der Waals surface area contributed by atoms with E-state index in [1.165, 1.54) is 16.7 Å². The molecule has 0 saturated carbocycles. The van der Waals surface area contributed by atoms with E-state index in [1.807, 2.05) is 6.92 Å². The fraction of sp³-hybridized carbons (Fsp3) is 0.400. The number of aromatic nitrogens is 1. The zero-order chi connectivity index (χ0) is 5.98. The molecule has 3 heteroatoms. The molecule has 0 radical (unpaired) electrons. The van der Waals surface area contributed by atoms with Crippen LogP contribution in [0.1, 0.15) is 11.9 Å². The molecule has 1 nitrogen and oxygen atoms in total. The molecule has 44 valence electrons. The Bertz CT molecular complexity index is 173. The first kappa shape index (κ1) is 5.69. The van der Waals surface area contributed by atoms with E-state index in [1.54, 1.807) is 0 Å². The monoisotopic (exact) mass is 131 g/mol. The van der Waals surface area contributed by atoms with Crippen LogP contribution >= 0.6 is 11.3 Å². The zero-order valence-electron chi connectivity index (χ0n) is 4.52. The maximum absolute atomic E-state index is 12.0. The van der Waals surface area contributed by atoms with Crippen LogP contribution < -0.4 is 0 Å². The van der Waals surface area contributed by atoms with Crippen LogP contribution in [0.25, 0.3) is 0 Å². The Labute approximate surface area is 51.2 Å². The number of nitrogens with zero attached hydrogens (tertiary/aromatic N) is 1. The number of halogens is 1. The summed E-state index contributed by atoms with van der Waals surface area (Å²) in [4.78, 5) is 3.58. The third-order valence-corrected chi connectivity index (χ3v) is 1.79. The summed E-state index contributed by atoms with van der Waals surface area (Å²) in [7, 11) is 0. The minimum Gasteiger partial charge on any atom is -0.213 e. The normalized spacial score (nSPS) is 9.75. The van der Waals surface area contributed by atoms with Crippen molar-refractivity contribution in [2.75, 3.05) is 0 Å². The van der Waals surface area contributed by atoms with E-state index >= 15 is 0 Å². The van der Waals surface area contributed by atoms with Crippen molar-refractivity contribution in [3.05, 3.63) is 16.3 Å². The van der Waals surface area contributed by atoms with Crippen molar-refractivity contribution in [3.63, 3.8) is 0 Å². The Kier molecular flexibility index (Phi) is 1.58. The molecule has 0 saturated heterocycles. The van der Waals surface area contributed by atoms with E-state index in [-0.39, 0.29) is 5.95 Å². The van der Waals surface area contributed by atoms with Crippen molar-refractivity contribution in [2.45, 2.75) is 13.3 Å². The summed E-state index contributed by atoms with van der Waals surface area (Å²) >= 11 is 1.36. The highest BCUT2D eigenvalue weighted by Gasteiger charge is 1.94. The largest absolute Gasteiger partial charge is 0.223 e. The molecule has 0 aromatic carbocycles. The Hall–Kier alpha value is -0.440. The minimum atomic E-state index is -0.355. The lowest BCUT2D eigenvalue weighted by Crippen LogP contribution is -1.76. The van der Waals surface area contributed by atoms with Crippen molar-refractivity contribution in [3.8, 4) is 0 Å². The van der Waals surface area contributed by atoms with Crippen LogP contribution in [0.2, 0.25) is 0 Å². The Balaban J connectivity index is 2.84. The van der Waals surface area contributed by atoms with E-state index in [0.717, 1.165) is 11.4 Å². The molecule has 0 unspecified atom stereocenters. The molecule has 0 bridgehead atoms. The topological polar surface area (TPSA) is 12.9 Å². The lowest BCUT2D eigenvalue weighted by atomic mass is 10.5. The van der Waals surface area contributed by atoms with Gasteiger partial charge in [-0.15, -0.1) is 11.3 Å². The number of hydrogen-bond donors (Lipinski definition) is 0. The lowest BCUT2D eigenvalue weighted by Gasteiger charge is -1.77. The molecule has 0 N–H and O–H groups in total. The number of rotatable bonds is 1. The molecule has 1 aromatic rings. The van der Waals surface area contributed by atoms with Gasteiger partial charge in [0.05, 0.1) is 5.01 Å². The third kappa shape index (κ3) is 1.04. The van der Waals surface area contributed by atoms with E-state index in [2.05, 4.69) is 4.98 Å². The van der Waals surface area contributed by atoms with Gasteiger partial charge in [-0.2, -0.15) is 4.39 Å². The molecule has 1 rings (SSSR count). The zero-order valence-corrected chi connectivity index (χ0v) is 5.33. The molecular formula is C5H6FNS. The predicted molar refractivity (Wildman–Crippen MR) is 31.4 cm³/mol. The highest BCUT2D eigenvalue weighted by atomic mass is 32.1. The summed E-state index contributed by atoms with van der Waals surface area (Å²) in [6.07, 6.45) is 0.828. The highest BCUT2D eigenvalue weighted by Crippen LogP contribution is 2.07. The molecule has 0 atom stereocenters. The van der Waals surface area contributed by atoms with Gasteiger partial charge in [-0.3, -0.25) is 0 Å². The van der Waals surface area contributed by atoms with Gasteiger partial charge in [0.15, 0.2) is 0 Å². The first-order valence-electron chi connectivity index (χ1n) is 2.43. The van der Waals surface area contributed by atoms with Crippen LogP contribution in [0.5, 0.6) is 0 Å². The molecule has 0 spiro atoms. The Morgan fingerprint density at radius 1 is 1.88 bits per heavy atom. The van der Waals surface area contributed by atoms with Gasteiger partial charge in [-0.1, -0.05) is 6.92 Å². The van der Waals surface area contributed by atoms with Gasteiger partial charge in [0.25, 0.3) is 0 Å². The smallest absolute Gasteiger partial charge is 0.213 e. The average Bonchev–Trinajstić information content (AvgIpc) is 2.14. The van der Waals surface area contributed by atoms with Crippen LogP contribution in [0.3, 0.4) is 0 Å². The van der Waals surface area contributed by atoms with Gasteiger partial charge in [0, 0.05) is 5.38 Å². The third-order valence-electron chi connectivity index (χ3n) is 0.826. The number of hydrogen-bond acceptors (Lipinski definition) is 2. The lowest BCUT2D eigenvalue weighted by molar-refractivity contribution is 0.588. The summed E-state index contributed by atoms with van der Waals surface area (Å²) in [5.41, 5.74) is 0. The predicted octanol–water partition coefficient (Wildman–Crippen LogP) is 1.84. The first-order valence-corrected chi connectivity index (χ1v) is 3.31. The molecule has 0 aliphatic carbocycles. The van der Waals surface area contributed by atoms with Crippen molar-refractivity contribution in [2.24, 2.45) is 0 Å². The van der Waals surface area contributed by atoms with Gasteiger partial charge in [-0.05, 0) is 6.42 Å². The summed E-state index contributed by atoms with van der Waals surface area (Å²) in [5.74, 6) is -0.355. The van der Waals surface area contributed by atoms with Gasteiger partial charge >= 0.3 is 0 Å². The van der Waals surface area contributed by atoms with Gasteiger partial charge in [0.1, 0.15) is 0 Å². The second-order valence-electron chi connectivity index (χ2n) is 1.42. The average molecular weight is 131 g/mol. The van der Waals surface area contributed by atoms with Crippen LogP contribution in [0, 0.1) is 5.95 Å². The van der Waals surface area contributed by atoms with E-state index < -0.39 is 0 Å². The molecule has 0 amide bonds. The van der Waals surface area contributed by atoms with Crippen molar-refractivity contribution < 1.29 is 4.39 Å². The maximum Gasteiger partial charge on any atom is 0.223 e. The van der Waals surface area contributed by atoms with Crippen molar-refractivity contribution in [1.82, 2.24) is 4.98 Å². The van der Waals surface area contributed by atoms with Gasteiger partial charge < -0.3 is 0 Å². The van der Waals surface area contributed by atoms with E-state index in [0.29, 0.717) is 0 Å².